The van der Waals surface area contributed by atoms with Gasteiger partial charge < -0.3 is 14.8 Å². The molecule has 30 heavy (non-hydrogen) atoms. The minimum absolute atomic E-state index is 0. The Balaban J connectivity index is 0.00000320. The molecule has 0 atom stereocenters. The van der Waals surface area contributed by atoms with E-state index in [1.807, 2.05) is 39.3 Å². The highest BCUT2D eigenvalue weighted by Crippen LogP contribution is 2.27. The number of sulfonamides is 1. The minimum Gasteiger partial charge on any atom is -0.357 e. The van der Waals surface area contributed by atoms with Crippen molar-refractivity contribution in [3.05, 3.63) is 41.0 Å². The fourth-order valence-corrected chi connectivity index (χ4v) is 6.37. The van der Waals surface area contributed by atoms with Crippen LogP contribution in [0.15, 0.2) is 39.7 Å². The zero-order chi connectivity index (χ0) is 20.9. The molecule has 0 aliphatic carbocycles. The lowest BCUT2D eigenvalue weighted by Crippen LogP contribution is -2.38. The Bertz CT molecular complexity index is 933. The van der Waals surface area contributed by atoms with Gasteiger partial charge in [0.2, 0.25) is 0 Å². The van der Waals surface area contributed by atoms with Crippen LogP contribution >= 0.6 is 35.3 Å². The zero-order valence-corrected chi connectivity index (χ0v) is 21.8. The van der Waals surface area contributed by atoms with Gasteiger partial charge in [0, 0.05) is 50.5 Å². The van der Waals surface area contributed by atoms with Gasteiger partial charge in [-0.15, -0.1) is 35.3 Å². The first-order valence-electron chi connectivity index (χ1n) is 10.1. The molecule has 0 amide bonds. The van der Waals surface area contributed by atoms with Crippen molar-refractivity contribution in [2.24, 2.45) is 12.0 Å². The van der Waals surface area contributed by atoms with Crippen LogP contribution in [-0.4, -0.2) is 54.8 Å². The fourth-order valence-electron chi connectivity index (χ4n) is 3.42. The van der Waals surface area contributed by atoms with Crippen LogP contribution in [0.1, 0.15) is 36.8 Å². The van der Waals surface area contributed by atoms with E-state index in [1.165, 1.54) is 17.0 Å². The number of nitrogens with one attached hydrogen (secondary N) is 1. The highest BCUT2D eigenvalue weighted by molar-refractivity contribution is 14.0. The SMILES string of the molecule is CCNC(=NCc1ccc(S(=O)(=O)N2CCCCC2)s1)N(C)Cc1cccn1C.I. The Morgan fingerprint density at radius 3 is 2.60 bits per heavy atom. The van der Waals surface area contributed by atoms with Gasteiger partial charge in [-0.3, -0.25) is 0 Å². The van der Waals surface area contributed by atoms with Crippen molar-refractivity contribution in [1.82, 2.24) is 19.1 Å². The van der Waals surface area contributed by atoms with Gasteiger partial charge in [0.1, 0.15) is 4.21 Å². The molecule has 3 rings (SSSR count). The summed E-state index contributed by atoms with van der Waals surface area (Å²) < 4.78 is 29.8. The van der Waals surface area contributed by atoms with Gasteiger partial charge in [0.15, 0.2) is 5.96 Å². The predicted octanol–water partition coefficient (Wildman–Crippen LogP) is 3.48. The number of hydrogen-bond donors (Lipinski definition) is 1. The van der Waals surface area contributed by atoms with E-state index in [9.17, 15) is 8.42 Å². The number of nitrogens with zero attached hydrogens (tertiary/aromatic N) is 4. The summed E-state index contributed by atoms with van der Waals surface area (Å²) in [7, 11) is 0.669. The molecule has 1 aliphatic heterocycles. The Labute approximate surface area is 201 Å². The predicted molar refractivity (Wildman–Crippen MR) is 134 cm³/mol. The van der Waals surface area contributed by atoms with Crippen LogP contribution in [0.2, 0.25) is 0 Å². The molecule has 1 saturated heterocycles. The van der Waals surface area contributed by atoms with Crippen LogP contribution < -0.4 is 5.32 Å². The molecule has 0 aromatic carbocycles. The topological polar surface area (TPSA) is 69.9 Å². The summed E-state index contributed by atoms with van der Waals surface area (Å²) in [6.45, 7) is 5.27. The number of aliphatic imine (C=N–C) groups is 1. The summed E-state index contributed by atoms with van der Waals surface area (Å²) >= 11 is 1.33. The molecule has 1 fully saturated rings. The first-order chi connectivity index (χ1) is 13.9. The van der Waals surface area contributed by atoms with E-state index in [-0.39, 0.29) is 24.0 Å². The number of aromatic nitrogens is 1. The van der Waals surface area contributed by atoms with E-state index in [2.05, 4.69) is 20.9 Å². The van der Waals surface area contributed by atoms with Crippen molar-refractivity contribution < 1.29 is 8.42 Å². The van der Waals surface area contributed by atoms with E-state index in [0.717, 1.165) is 43.2 Å². The first kappa shape index (κ1) is 25.2. The monoisotopic (exact) mass is 565 g/mol. The van der Waals surface area contributed by atoms with Gasteiger partial charge in [-0.05, 0) is 44.0 Å². The van der Waals surface area contributed by atoms with Crippen molar-refractivity contribution in [2.75, 3.05) is 26.7 Å². The van der Waals surface area contributed by atoms with Gasteiger partial charge in [-0.2, -0.15) is 4.31 Å². The Morgan fingerprint density at radius 1 is 1.23 bits per heavy atom. The molecule has 2 aromatic heterocycles. The molecule has 0 bridgehead atoms. The van der Waals surface area contributed by atoms with E-state index in [1.54, 1.807) is 10.4 Å². The summed E-state index contributed by atoms with van der Waals surface area (Å²) in [5.74, 6) is 0.808. The highest BCUT2D eigenvalue weighted by atomic mass is 127. The average Bonchev–Trinajstić information content (AvgIpc) is 3.35. The molecule has 0 spiro atoms. The highest BCUT2D eigenvalue weighted by Gasteiger charge is 2.27. The summed E-state index contributed by atoms with van der Waals surface area (Å²) in [4.78, 5) is 7.75. The van der Waals surface area contributed by atoms with Gasteiger partial charge in [-0.25, -0.2) is 13.4 Å². The van der Waals surface area contributed by atoms with E-state index >= 15 is 0 Å². The lowest BCUT2D eigenvalue weighted by atomic mass is 10.2. The van der Waals surface area contributed by atoms with E-state index < -0.39 is 10.0 Å². The number of guanidine groups is 1. The van der Waals surface area contributed by atoms with Crippen LogP contribution in [0.25, 0.3) is 0 Å². The summed E-state index contributed by atoms with van der Waals surface area (Å²) in [6, 6.07) is 7.73. The number of hydrogen-bond acceptors (Lipinski definition) is 4. The molecule has 7 nitrogen and oxygen atoms in total. The molecule has 10 heteroatoms. The summed E-state index contributed by atoms with van der Waals surface area (Å²) in [5, 5.41) is 3.32. The second kappa shape index (κ2) is 11.5. The molecule has 0 unspecified atom stereocenters. The third-order valence-corrected chi connectivity index (χ3v) is 8.51. The number of piperidine rings is 1. The van der Waals surface area contributed by atoms with Crippen molar-refractivity contribution in [2.45, 2.75) is 43.5 Å². The van der Waals surface area contributed by atoms with Crippen LogP contribution in [0, 0.1) is 0 Å². The smallest absolute Gasteiger partial charge is 0.252 e. The van der Waals surface area contributed by atoms with Crippen molar-refractivity contribution in [3.63, 3.8) is 0 Å². The Kier molecular flexibility index (Phi) is 9.64. The Morgan fingerprint density at radius 2 is 1.97 bits per heavy atom. The number of rotatable bonds is 7. The van der Waals surface area contributed by atoms with Crippen molar-refractivity contribution in [1.29, 1.82) is 0 Å². The lowest BCUT2D eigenvalue weighted by molar-refractivity contribution is 0.347. The minimum atomic E-state index is -3.37. The molecule has 0 radical (unpaired) electrons. The quantitative estimate of drug-likeness (QED) is 0.317. The lowest BCUT2D eigenvalue weighted by Gasteiger charge is -2.25. The van der Waals surface area contributed by atoms with Crippen LogP contribution in [-0.2, 0) is 30.2 Å². The van der Waals surface area contributed by atoms with Gasteiger partial charge >= 0.3 is 0 Å². The number of halogens is 1. The van der Waals surface area contributed by atoms with Crippen LogP contribution in [0.5, 0.6) is 0 Å². The molecule has 168 valence electrons. The van der Waals surface area contributed by atoms with Crippen molar-refractivity contribution in [3.8, 4) is 0 Å². The molecule has 3 heterocycles. The third kappa shape index (κ3) is 6.21. The maximum Gasteiger partial charge on any atom is 0.252 e. The normalized spacial score (nSPS) is 15.6. The largest absolute Gasteiger partial charge is 0.357 e. The van der Waals surface area contributed by atoms with Crippen LogP contribution in [0.4, 0.5) is 0 Å². The summed E-state index contributed by atoms with van der Waals surface area (Å²) in [5.41, 5.74) is 1.20. The molecular weight excluding hydrogens is 533 g/mol. The third-order valence-electron chi connectivity index (χ3n) is 5.08. The van der Waals surface area contributed by atoms with E-state index in [0.29, 0.717) is 23.8 Å². The standard InChI is InChI=1S/C20H31N5O2S2.HI/c1-4-21-20(24(3)16-17-9-8-12-23(17)2)22-15-18-10-11-19(28-18)29(26,27)25-13-6-5-7-14-25;/h8-12H,4-7,13-16H2,1-3H3,(H,21,22);1H. The zero-order valence-electron chi connectivity index (χ0n) is 17.9. The fraction of sp³-hybridized carbons (Fsp3) is 0.550. The van der Waals surface area contributed by atoms with Crippen molar-refractivity contribution >= 4 is 51.3 Å². The summed E-state index contributed by atoms with van der Waals surface area (Å²) in [6.07, 6.45) is 5.03. The van der Waals surface area contributed by atoms with Gasteiger partial charge in [0.05, 0.1) is 13.1 Å². The van der Waals surface area contributed by atoms with E-state index in [4.69, 9.17) is 4.99 Å². The molecule has 2 aromatic rings. The number of aryl methyl sites for hydroxylation is 1. The average molecular weight is 566 g/mol. The second-order valence-electron chi connectivity index (χ2n) is 7.32. The molecule has 1 N–H and O–H groups in total. The molecule has 0 saturated carbocycles. The Hall–Kier alpha value is -1.11. The van der Waals surface area contributed by atoms with Gasteiger partial charge in [-0.1, -0.05) is 6.42 Å². The second-order valence-corrected chi connectivity index (χ2v) is 10.7. The van der Waals surface area contributed by atoms with Crippen LogP contribution in [0.3, 0.4) is 0 Å². The molecule has 1 aliphatic rings. The number of thiophene rings is 1. The van der Waals surface area contributed by atoms with Gasteiger partial charge in [0.25, 0.3) is 10.0 Å². The molecular formula is C20H32IN5O2S2. The maximum absolute atomic E-state index is 12.8. The first-order valence-corrected chi connectivity index (χ1v) is 12.4. The maximum atomic E-state index is 12.8.